The molecule has 1 unspecified atom stereocenters. The van der Waals surface area contributed by atoms with Crippen LogP contribution >= 0.6 is 0 Å². The smallest absolute Gasteiger partial charge is 0.157 e. The van der Waals surface area contributed by atoms with Crippen LogP contribution in [0.15, 0.2) is 18.5 Å². The number of aliphatic hydroxyl groups is 1. The zero-order valence-corrected chi connectivity index (χ0v) is 10.6. The molecule has 1 atom stereocenters. The molecular formula is C12H18N4O. The molecule has 0 amide bonds. The van der Waals surface area contributed by atoms with Crippen molar-refractivity contribution in [3.63, 3.8) is 0 Å². The maximum absolute atomic E-state index is 9.73. The van der Waals surface area contributed by atoms with E-state index in [1.807, 2.05) is 32.9 Å². The lowest BCUT2D eigenvalue weighted by atomic mass is 9.99. The van der Waals surface area contributed by atoms with Gasteiger partial charge in [-0.05, 0) is 45.4 Å². The Kier molecular flexibility index (Phi) is 2.79. The van der Waals surface area contributed by atoms with Crippen LogP contribution in [0.25, 0.3) is 5.65 Å². The number of aromatic nitrogens is 3. The number of fused-ring (bicyclic) bond motifs is 1. The molecule has 0 fully saturated rings. The first-order chi connectivity index (χ1) is 7.90. The highest BCUT2D eigenvalue weighted by Gasteiger charge is 2.24. The van der Waals surface area contributed by atoms with Crippen LogP contribution < -0.4 is 5.32 Å². The van der Waals surface area contributed by atoms with Crippen molar-refractivity contribution in [1.82, 2.24) is 14.6 Å². The Balaban J connectivity index is 2.45. The fraction of sp³-hybridized carbons (Fsp3) is 0.500. The van der Waals surface area contributed by atoms with E-state index in [9.17, 15) is 5.11 Å². The van der Waals surface area contributed by atoms with E-state index in [1.165, 1.54) is 6.33 Å². The summed E-state index contributed by atoms with van der Waals surface area (Å²) in [6.07, 6.45) is 1.05. The molecule has 2 rings (SSSR count). The highest BCUT2D eigenvalue weighted by Crippen LogP contribution is 2.20. The average molecular weight is 234 g/mol. The van der Waals surface area contributed by atoms with Gasteiger partial charge in [0.1, 0.15) is 12.1 Å². The zero-order chi connectivity index (χ0) is 12.6. The summed E-state index contributed by atoms with van der Waals surface area (Å²) in [5.74, 6) is 0.836. The van der Waals surface area contributed by atoms with Crippen LogP contribution in [0.5, 0.6) is 0 Å². The third-order valence-electron chi connectivity index (χ3n) is 3.02. The second kappa shape index (κ2) is 4.00. The summed E-state index contributed by atoms with van der Waals surface area (Å²) in [5.41, 5.74) is 1.48. The Bertz CT molecular complexity index is 530. The van der Waals surface area contributed by atoms with Crippen LogP contribution in [0.2, 0.25) is 0 Å². The fourth-order valence-electron chi connectivity index (χ4n) is 1.58. The van der Waals surface area contributed by atoms with E-state index >= 15 is 0 Å². The van der Waals surface area contributed by atoms with E-state index < -0.39 is 11.6 Å². The van der Waals surface area contributed by atoms with E-state index in [0.717, 1.165) is 17.0 Å². The summed E-state index contributed by atoms with van der Waals surface area (Å²) in [7, 11) is 0. The molecular weight excluding hydrogens is 216 g/mol. The number of hydrogen-bond donors (Lipinski definition) is 2. The predicted octanol–water partition coefficient (Wildman–Crippen LogP) is 1.61. The lowest BCUT2D eigenvalue weighted by molar-refractivity contribution is 0.133. The van der Waals surface area contributed by atoms with Crippen LogP contribution in [-0.2, 0) is 0 Å². The van der Waals surface area contributed by atoms with Gasteiger partial charge in [-0.1, -0.05) is 0 Å². The lowest BCUT2D eigenvalue weighted by Crippen LogP contribution is -2.42. The SMILES string of the molecule is Cc1cc(NC(C)(C)C(C)O)n2ncnc2c1. The zero-order valence-electron chi connectivity index (χ0n) is 10.6. The van der Waals surface area contributed by atoms with Crippen LogP contribution in [-0.4, -0.2) is 31.3 Å². The van der Waals surface area contributed by atoms with Gasteiger partial charge in [0.05, 0.1) is 11.6 Å². The van der Waals surface area contributed by atoms with Gasteiger partial charge >= 0.3 is 0 Å². The molecule has 2 aromatic heterocycles. The van der Waals surface area contributed by atoms with Crippen molar-refractivity contribution in [2.45, 2.75) is 39.3 Å². The topological polar surface area (TPSA) is 62.5 Å². The first kappa shape index (κ1) is 11.9. The number of hydrogen-bond acceptors (Lipinski definition) is 4. The Morgan fingerprint density at radius 3 is 2.76 bits per heavy atom. The molecule has 0 spiro atoms. The molecule has 2 N–H and O–H groups in total. The van der Waals surface area contributed by atoms with Gasteiger partial charge in [0.2, 0.25) is 0 Å². The van der Waals surface area contributed by atoms with Gasteiger partial charge in [0, 0.05) is 0 Å². The summed E-state index contributed by atoms with van der Waals surface area (Å²) in [4.78, 5) is 4.16. The molecule has 0 aliphatic heterocycles. The second-order valence-electron chi connectivity index (χ2n) is 4.97. The van der Waals surface area contributed by atoms with Gasteiger partial charge in [-0.25, -0.2) is 4.98 Å². The van der Waals surface area contributed by atoms with E-state index in [4.69, 9.17) is 0 Å². The van der Waals surface area contributed by atoms with Crippen molar-refractivity contribution in [2.75, 3.05) is 5.32 Å². The average Bonchev–Trinajstić information content (AvgIpc) is 2.64. The Hall–Kier alpha value is -1.62. The van der Waals surface area contributed by atoms with Crippen LogP contribution in [0.4, 0.5) is 5.82 Å². The maximum Gasteiger partial charge on any atom is 0.157 e. The van der Waals surface area contributed by atoms with Gasteiger partial charge < -0.3 is 10.4 Å². The number of pyridine rings is 1. The minimum atomic E-state index is -0.471. The molecule has 92 valence electrons. The molecule has 0 aliphatic carbocycles. The molecule has 0 aliphatic rings. The molecule has 0 saturated carbocycles. The summed E-state index contributed by atoms with van der Waals surface area (Å²) >= 11 is 0. The van der Waals surface area contributed by atoms with Gasteiger partial charge in [-0.3, -0.25) is 0 Å². The van der Waals surface area contributed by atoms with Gasteiger partial charge in [-0.2, -0.15) is 9.61 Å². The summed E-state index contributed by atoms with van der Waals surface area (Å²) in [6, 6.07) is 3.96. The van der Waals surface area contributed by atoms with E-state index in [0.29, 0.717) is 0 Å². The van der Waals surface area contributed by atoms with Crippen LogP contribution in [0.1, 0.15) is 26.3 Å². The van der Waals surface area contributed by atoms with Crippen molar-refractivity contribution in [1.29, 1.82) is 0 Å². The molecule has 0 bridgehead atoms. The Labute approximate surface area is 100 Å². The minimum Gasteiger partial charge on any atom is -0.391 e. The predicted molar refractivity (Wildman–Crippen MR) is 67.1 cm³/mol. The molecule has 0 aromatic carbocycles. The molecule has 17 heavy (non-hydrogen) atoms. The fourth-order valence-corrected chi connectivity index (χ4v) is 1.58. The van der Waals surface area contributed by atoms with Gasteiger partial charge in [-0.15, -0.1) is 0 Å². The molecule has 0 saturated heterocycles. The second-order valence-corrected chi connectivity index (χ2v) is 4.97. The van der Waals surface area contributed by atoms with Gasteiger partial charge in [0.25, 0.3) is 0 Å². The number of nitrogens with zero attached hydrogens (tertiary/aromatic N) is 3. The van der Waals surface area contributed by atoms with Crippen molar-refractivity contribution < 1.29 is 5.11 Å². The van der Waals surface area contributed by atoms with E-state index in [2.05, 4.69) is 15.4 Å². The normalized spacial score (nSPS) is 13.9. The number of aryl methyl sites for hydroxylation is 1. The summed E-state index contributed by atoms with van der Waals surface area (Å²) in [6.45, 7) is 7.67. The first-order valence-corrected chi connectivity index (χ1v) is 5.67. The number of nitrogens with one attached hydrogen (secondary N) is 1. The number of rotatable bonds is 3. The highest BCUT2D eigenvalue weighted by atomic mass is 16.3. The number of aliphatic hydroxyl groups excluding tert-OH is 1. The Morgan fingerprint density at radius 2 is 2.12 bits per heavy atom. The lowest BCUT2D eigenvalue weighted by Gasteiger charge is -2.30. The molecule has 0 radical (unpaired) electrons. The molecule has 5 heteroatoms. The van der Waals surface area contributed by atoms with E-state index in [-0.39, 0.29) is 0 Å². The summed E-state index contributed by atoms with van der Waals surface area (Å²) in [5, 5.41) is 17.2. The molecule has 2 aromatic rings. The van der Waals surface area contributed by atoms with Crippen molar-refractivity contribution in [2.24, 2.45) is 0 Å². The van der Waals surface area contributed by atoms with Crippen molar-refractivity contribution in [3.8, 4) is 0 Å². The standard InChI is InChI=1S/C12H18N4O/c1-8-5-10-13-7-14-16(10)11(6-8)15-12(3,4)9(2)17/h5-7,9,15,17H,1-4H3. The summed E-state index contributed by atoms with van der Waals surface area (Å²) < 4.78 is 1.73. The quantitative estimate of drug-likeness (QED) is 0.847. The van der Waals surface area contributed by atoms with Crippen molar-refractivity contribution >= 4 is 11.5 Å². The van der Waals surface area contributed by atoms with Crippen LogP contribution in [0, 0.1) is 6.92 Å². The van der Waals surface area contributed by atoms with Gasteiger partial charge in [0.15, 0.2) is 5.65 Å². The molecule has 2 heterocycles. The third kappa shape index (κ3) is 2.24. The maximum atomic E-state index is 9.73. The minimum absolute atomic E-state index is 0.424. The Morgan fingerprint density at radius 1 is 1.41 bits per heavy atom. The number of anilines is 1. The monoisotopic (exact) mass is 234 g/mol. The largest absolute Gasteiger partial charge is 0.391 e. The highest BCUT2D eigenvalue weighted by molar-refractivity contribution is 5.52. The van der Waals surface area contributed by atoms with Crippen molar-refractivity contribution in [3.05, 3.63) is 24.0 Å². The first-order valence-electron chi connectivity index (χ1n) is 5.67. The van der Waals surface area contributed by atoms with Crippen LogP contribution in [0.3, 0.4) is 0 Å². The third-order valence-corrected chi connectivity index (χ3v) is 3.02. The van der Waals surface area contributed by atoms with E-state index in [1.54, 1.807) is 11.4 Å². The molecule has 5 nitrogen and oxygen atoms in total.